The van der Waals surface area contributed by atoms with Crippen LogP contribution in [0.25, 0.3) is 0 Å². The number of esters is 1. The maximum atomic E-state index is 12.7. The maximum Gasteiger partial charge on any atom is 0.325 e. The van der Waals surface area contributed by atoms with Crippen LogP contribution in [0.5, 0.6) is 0 Å². The van der Waals surface area contributed by atoms with E-state index in [2.05, 4.69) is 10.6 Å². The molecule has 6 nitrogen and oxygen atoms in total. The molecule has 0 spiro atoms. The summed E-state index contributed by atoms with van der Waals surface area (Å²) in [5.41, 5.74) is 0.227. The van der Waals surface area contributed by atoms with Gasteiger partial charge in [-0.25, -0.2) is 4.39 Å². The molecule has 0 aliphatic heterocycles. The summed E-state index contributed by atoms with van der Waals surface area (Å²) in [6.45, 7) is 3.15. The van der Waals surface area contributed by atoms with Crippen LogP contribution in [-0.2, 0) is 14.3 Å². The van der Waals surface area contributed by atoms with Gasteiger partial charge in [-0.3, -0.25) is 14.4 Å². The van der Waals surface area contributed by atoms with Gasteiger partial charge in [0.2, 0.25) is 0 Å². The minimum atomic E-state index is -0.722. The van der Waals surface area contributed by atoms with Crippen molar-refractivity contribution in [3.05, 3.63) is 35.6 Å². The molecule has 0 radical (unpaired) electrons. The molecule has 1 rings (SSSR count). The second-order valence-corrected chi connectivity index (χ2v) is 4.93. The molecule has 0 unspecified atom stereocenters. The monoisotopic (exact) mass is 324 g/mol. The summed E-state index contributed by atoms with van der Waals surface area (Å²) in [6, 6.07) is 4.96. The molecule has 0 bridgehead atoms. The van der Waals surface area contributed by atoms with E-state index in [1.165, 1.54) is 12.1 Å². The number of benzene rings is 1. The van der Waals surface area contributed by atoms with Gasteiger partial charge in [0.25, 0.3) is 11.8 Å². The fraction of sp³-hybridized carbons (Fsp3) is 0.438. The van der Waals surface area contributed by atoms with Crippen LogP contribution < -0.4 is 10.6 Å². The van der Waals surface area contributed by atoms with Crippen molar-refractivity contribution in [2.24, 2.45) is 0 Å². The molecule has 0 saturated carbocycles. The number of carbonyl (C=O) groups is 3. The van der Waals surface area contributed by atoms with Crippen LogP contribution in [0, 0.1) is 5.82 Å². The van der Waals surface area contributed by atoms with E-state index >= 15 is 0 Å². The molecule has 0 heterocycles. The first-order valence-electron chi connectivity index (χ1n) is 7.45. The average molecular weight is 324 g/mol. The Morgan fingerprint density at radius 2 is 1.74 bits per heavy atom. The zero-order valence-electron chi connectivity index (χ0n) is 13.2. The fourth-order valence-electron chi connectivity index (χ4n) is 1.81. The third-order valence-corrected chi connectivity index (χ3v) is 3.21. The first kappa shape index (κ1) is 18.6. The van der Waals surface area contributed by atoms with Gasteiger partial charge >= 0.3 is 5.97 Å². The molecular weight excluding hydrogens is 303 g/mol. The van der Waals surface area contributed by atoms with Crippen LogP contribution in [0.2, 0.25) is 0 Å². The Bertz CT molecular complexity index is 542. The van der Waals surface area contributed by atoms with Crippen molar-refractivity contribution in [1.29, 1.82) is 0 Å². The highest BCUT2D eigenvalue weighted by Crippen LogP contribution is 2.02. The van der Waals surface area contributed by atoms with E-state index in [0.717, 1.165) is 25.0 Å². The molecular formula is C16H21FN2O4. The number of rotatable bonds is 8. The smallest absolute Gasteiger partial charge is 0.325 e. The fourth-order valence-corrected chi connectivity index (χ4v) is 1.81. The summed E-state index contributed by atoms with van der Waals surface area (Å²) < 4.78 is 17.5. The zero-order valence-corrected chi connectivity index (χ0v) is 13.2. The highest BCUT2D eigenvalue weighted by atomic mass is 19.1. The first-order chi connectivity index (χ1) is 11.0. The third kappa shape index (κ3) is 6.90. The van der Waals surface area contributed by atoms with Crippen LogP contribution in [0.4, 0.5) is 4.39 Å². The number of ether oxygens (including phenoxy) is 1. The molecule has 2 N–H and O–H groups in total. The van der Waals surface area contributed by atoms with Gasteiger partial charge in [0.15, 0.2) is 6.61 Å². The standard InChI is InChI=1S/C16H21FN2O4/c1-3-13(4-2)19-14(20)10-23-15(21)9-18-16(22)11-5-7-12(17)8-6-11/h5-8,13H,3-4,9-10H2,1-2H3,(H,18,22)(H,19,20). The van der Waals surface area contributed by atoms with Crippen molar-refractivity contribution in [3.8, 4) is 0 Å². The lowest BCUT2D eigenvalue weighted by molar-refractivity contribution is -0.147. The van der Waals surface area contributed by atoms with E-state index in [9.17, 15) is 18.8 Å². The molecule has 126 valence electrons. The van der Waals surface area contributed by atoms with Gasteiger partial charge in [0.05, 0.1) is 0 Å². The van der Waals surface area contributed by atoms with E-state index in [-0.39, 0.29) is 30.7 Å². The van der Waals surface area contributed by atoms with Gasteiger partial charge in [0, 0.05) is 11.6 Å². The van der Waals surface area contributed by atoms with E-state index in [1.807, 2.05) is 13.8 Å². The predicted molar refractivity (Wildman–Crippen MR) is 82.2 cm³/mol. The molecule has 0 aromatic heterocycles. The average Bonchev–Trinajstić information content (AvgIpc) is 2.56. The summed E-state index contributed by atoms with van der Waals surface area (Å²) in [4.78, 5) is 34.7. The summed E-state index contributed by atoms with van der Waals surface area (Å²) in [6.07, 6.45) is 1.59. The molecule has 0 aliphatic rings. The number of halogens is 1. The maximum absolute atomic E-state index is 12.7. The minimum Gasteiger partial charge on any atom is -0.454 e. The van der Waals surface area contributed by atoms with Crippen molar-refractivity contribution >= 4 is 17.8 Å². The highest BCUT2D eigenvalue weighted by molar-refractivity contribution is 5.96. The Labute approximate surface area is 134 Å². The Hall–Kier alpha value is -2.44. The van der Waals surface area contributed by atoms with Crippen molar-refractivity contribution in [1.82, 2.24) is 10.6 Å². The van der Waals surface area contributed by atoms with Crippen LogP contribution >= 0.6 is 0 Å². The highest BCUT2D eigenvalue weighted by Gasteiger charge is 2.12. The van der Waals surface area contributed by atoms with Gasteiger partial charge in [-0.15, -0.1) is 0 Å². The quantitative estimate of drug-likeness (QED) is 0.708. The Morgan fingerprint density at radius 3 is 2.30 bits per heavy atom. The number of hydrogen-bond donors (Lipinski definition) is 2. The SMILES string of the molecule is CCC(CC)NC(=O)COC(=O)CNC(=O)c1ccc(F)cc1. The molecule has 7 heteroatoms. The van der Waals surface area contributed by atoms with Crippen LogP contribution in [0.1, 0.15) is 37.0 Å². The molecule has 2 amide bonds. The van der Waals surface area contributed by atoms with E-state index < -0.39 is 17.7 Å². The van der Waals surface area contributed by atoms with Gasteiger partial charge in [0.1, 0.15) is 12.4 Å². The normalized spacial score (nSPS) is 10.3. The van der Waals surface area contributed by atoms with E-state index in [0.29, 0.717) is 0 Å². The van der Waals surface area contributed by atoms with E-state index in [1.54, 1.807) is 0 Å². The van der Waals surface area contributed by atoms with Gasteiger partial charge in [-0.1, -0.05) is 13.8 Å². The largest absolute Gasteiger partial charge is 0.454 e. The molecule has 0 fully saturated rings. The molecule has 0 atom stereocenters. The van der Waals surface area contributed by atoms with E-state index in [4.69, 9.17) is 4.74 Å². The second-order valence-electron chi connectivity index (χ2n) is 4.93. The van der Waals surface area contributed by atoms with Gasteiger partial charge in [-0.05, 0) is 37.1 Å². The topological polar surface area (TPSA) is 84.5 Å². The minimum absolute atomic E-state index is 0.0550. The van der Waals surface area contributed by atoms with Crippen LogP contribution in [0.15, 0.2) is 24.3 Å². The number of hydrogen-bond acceptors (Lipinski definition) is 4. The number of amides is 2. The van der Waals surface area contributed by atoms with Crippen molar-refractivity contribution in [2.75, 3.05) is 13.2 Å². The zero-order chi connectivity index (χ0) is 17.2. The summed E-state index contributed by atoms with van der Waals surface area (Å²) in [5.74, 6) is -2.08. The summed E-state index contributed by atoms with van der Waals surface area (Å²) >= 11 is 0. The van der Waals surface area contributed by atoms with Gasteiger partial charge in [-0.2, -0.15) is 0 Å². The lowest BCUT2D eigenvalue weighted by Crippen LogP contribution is -2.38. The van der Waals surface area contributed by atoms with Crippen LogP contribution in [-0.4, -0.2) is 37.0 Å². The molecule has 1 aromatic rings. The second kappa shape index (κ2) is 9.55. The van der Waals surface area contributed by atoms with Gasteiger partial charge < -0.3 is 15.4 Å². The van der Waals surface area contributed by atoms with Crippen LogP contribution in [0.3, 0.4) is 0 Å². The molecule has 0 saturated heterocycles. The summed E-state index contributed by atoms with van der Waals surface area (Å²) in [7, 11) is 0. The lowest BCUT2D eigenvalue weighted by atomic mass is 10.2. The number of carbonyl (C=O) groups excluding carboxylic acids is 3. The molecule has 1 aromatic carbocycles. The third-order valence-electron chi connectivity index (χ3n) is 3.21. The van der Waals surface area contributed by atoms with Crippen molar-refractivity contribution in [2.45, 2.75) is 32.7 Å². The van der Waals surface area contributed by atoms with Crippen molar-refractivity contribution in [3.63, 3.8) is 0 Å². The molecule has 23 heavy (non-hydrogen) atoms. The Kier molecular flexibility index (Phi) is 7.73. The Morgan fingerprint density at radius 1 is 1.13 bits per heavy atom. The first-order valence-corrected chi connectivity index (χ1v) is 7.45. The Balaban J connectivity index is 2.30. The lowest BCUT2D eigenvalue weighted by Gasteiger charge is -2.14. The van der Waals surface area contributed by atoms with Crippen molar-refractivity contribution < 1.29 is 23.5 Å². The summed E-state index contributed by atoms with van der Waals surface area (Å²) in [5, 5.41) is 5.07. The number of nitrogens with one attached hydrogen (secondary N) is 2. The molecule has 0 aliphatic carbocycles. The predicted octanol–water partition coefficient (Wildman–Crippen LogP) is 1.40.